The van der Waals surface area contributed by atoms with Gasteiger partial charge < -0.3 is 53.5 Å². The van der Waals surface area contributed by atoms with Crippen LogP contribution in [0.2, 0.25) is 0 Å². The molecule has 12 N–H and O–H groups in total. The van der Waals surface area contributed by atoms with Crippen LogP contribution in [0.15, 0.2) is 85.1 Å². The van der Waals surface area contributed by atoms with Gasteiger partial charge in [-0.15, -0.1) is 0 Å². The largest absolute Gasteiger partial charge is 0.508 e. The van der Waals surface area contributed by atoms with Crippen molar-refractivity contribution >= 4 is 73.8 Å². The van der Waals surface area contributed by atoms with Crippen LogP contribution in [0.25, 0.3) is 10.9 Å². The lowest BCUT2D eigenvalue weighted by Gasteiger charge is -2.28. The summed E-state index contributed by atoms with van der Waals surface area (Å²) >= 11 is 0. The number of hydrogen-bond donors (Lipinski definition) is 10. The number of aromatic amines is 1. The van der Waals surface area contributed by atoms with E-state index >= 15 is 0 Å². The summed E-state index contributed by atoms with van der Waals surface area (Å²) in [6.45, 7) is 1.56. The summed E-state index contributed by atoms with van der Waals surface area (Å²) in [6, 6.07) is 15.1. The Balaban J connectivity index is 1.55. The Morgan fingerprint density at radius 1 is 0.677 bits per heavy atom. The Morgan fingerprint density at radius 3 is 1.87 bits per heavy atom. The Labute approximate surface area is 366 Å². The normalized spacial score (nSPS) is 22.3. The molecule has 0 bridgehead atoms. The second-order valence-electron chi connectivity index (χ2n) is 14.9. The van der Waals surface area contributed by atoms with E-state index < -0.39 is 77.6 Å². The Morgan fingerprint density at radius 2 is 1.23 bits per heavy atom. The van der Waals surface area contributed by atoms with Crippen LogP contribution < -0.4 is 43.4 Å². The quantitative estimate of drug-likeness (QED) is 0.0703. The zero-order valence-electron chi connectivity index (χ0n) is 34.2. The summed E-state index contributed by atoms with van der Waals surface area (Å²) in [5.74, 6) is -4.97. The minimum Gasteiger partial charge on any atom is -0.508 e. The number of aromatic hydroxyl groups is 1. The van der Waals surface area contributed by atoms with Gasteiger partial charge in [-0.2, -0.15) is 0 Å². The monoisotopic (exact) mass is 887 g/mol. The molecule has 0 radical (unpaired) electrons. The third-order valence-corrected chi connectivity index (χ3v) is 12.6. The molecule has 5 rings (SSSR count). The lowest BCUT2D eigenvalue weighted by molar-refractivity contribution is -0.135. The van der Waals surface area contributed by atoms with Crippen LogP contribution in [-0.4, -0.2) is 106 Å². The number of aromatic nitrogens is 1. The first-order valence-electron chi connectivity index (χ1n) is 20.2. The number of nitrogens with one attached hydrogen (secondary N) is 7. The molecule has 1 saturated heterocycles. The van der Waals surface area contributed by atoms with Crippen LogP contribution in [0, 0.1) is 0 Å². The maximum Gasteiger partial charge on any atom is 0.244 e. The third kappa shape index (κ3) is 14.0. The van der Waals surface area contributed by atoms with Gasteiger partial charge in [0.05, 0.1) is 0 Å². The van der Waals surface area contributed by atoms with E-state index in [2.05, 4.69) is 36.9 Å². The molecule has 1 aliphatic heterocycles. The van der Waals surface area contributed by atoms with Gasteiger partial charge in [-0.1, -0.05) is 82.3 Å². The number of hydrogen-bond acceptors (Lipinski definition) is 11. The highest BCUT2D eigenvalue weighted by molar-refractivity contribution is 8.76. The molecule has 330 valence electrons. The average molecular weight is 888 g/mol. The van der Waals surface area contributed by atoms with Gasteiger partial charge in [0.25, 0.3) is 0 Å². The number of unbranched alkanes of at least 4 members (excludes halogenated alkanes) is 1. The Bertz CT molecular complexity index is 2190. The second-order valence-corrected chi connectivity index (χ2v) is 17.5. The molecule has 7 amide bonds. The second kappa shape index (κ2) is 23.2. The lowest BCUT2D eigenvalue weighted by atomic mass is 10.0. The van der Waals surface area contributed by atoms with Crippen molar-refractivity contribution in [3.8, 4) is 5.75 Å². The number of nitrogens with two attached hydrogens (primary N) is 2. The van der Waals surface area contributed by atoms with Crippen LogP contribution in [0.5, 0.6) is 5.75 Å². The average Bonchev–Trinajstić information content (AvgIpc) is 3.66. The number of phenolic OH excluding ortho intramolecular Hbond substituents is 1. The number of benzene rings is 3. The third-order valence-electron chi connectivity index (χ3n) is 10.1. The molecule has 0 saturated carbocycles. The number of primary amides is 1. The van der Waals surface area contributed by atoms with Crippen molar-refractivity contribution in [3.63, 3.8) is 0 Å². The molecule has 0 spiro atoms. The molecule has 19 heteroatoms. The highest BCUT2D eigenvalue weighted by Gasteiger charge is 2.34. The number of phenols is 1. The van der Waals surface area contributed by atoms with Gasteiger partial charge in [0.2, 0.25) is 41.4 Å². The van der Waals surface area contributed by atoms with E-state index in [9.17, 15) is 38.7 Å². The lowest BCUT2D eigenvalue weighted by Crippen LogP contribution is -2.60. The van der Waals surface area contributed by atoms with Crippen molar-refractivity contribution in [2.24, 2.45) is 11.5 Å². The van der Waals surface area contributed by atoms with Crippen LogP contribution in [-0.2, 0) is 52.8 Å². The summed E-state index contributed by atoms with van der Waals surface area (Å²) in [7, 11) is 2.24. The molecule has 0 unspecified atom stereocenters. The highest BCUT2D eigenvalue weighted by Crippen LogP contribution is 2.24. The first kappa shape index (κ1) is 47.0. The number of fused-ring (bicyclic) bond motifs is 1. The number of amides is 7. The SMILES string of the molecule is CC(=O)N[C@H]1CSSC[C@@H](C(N)=O)NC(=O)[C@H](Cc2ccc(O)cc2)NC(=O)[C@H](CCCCN)NC(=O)[C@@H](Cc2c[nH]c3ccccc23)NC(=O)[C@H](Cc2ccccc2)NC1=O. The van der Waals surface area contributed by atoms with E-state index in [1.807, 2.05) is 30.3 Å². The molecule has 6 atom stereocenters. The summed E-state index contributed by atoms with van der Waals surface area (Å²) in [5, 5.41) is 27.2. The molecule has 1 fully saturated rings. The predicted octanol–water partition coefficient (Wildman–Crippen LogP) is 0.839. The fourth-order valence-electron chi connectivity index (χ4n) is 6.84. The molecule has 1 aromatic heterocycles. The molecule has 3 aromatic carbocycles. The van der Waals surface area contributed by atoms with Crippen molar-refractivity contribution in [1.82, 2.24) is 36.9 Å². The molecule has 1 aliphatic rings. The minimum atomic E-state index is -1.28. The van der Waals surface area contributed by atoms with Crippen molar-refractivity contribution in [2.45, 2.75) is 81.7 Å². The maximum atomic E-state index is 14.5. The highest BCUT2D eigenvalue weighted by atomic mass is 33.1. The molecule has 2 heterocycles. The smallest absolute Gasteiger partial charge is 0.244 e. The molecule has 0 aliphatic carbocycles. The molecule has 4 aromatic rings. The van der Waals surface area contributed by atoms with E-state index in [-0.39, 0.29) is 42.9 Å². The first-order chi connectivity index (χ1) is 29.8. The van der Waals surface area contributed by atoms with Gasteiger partial charge in [0.1, 0.15) is 42.0 Å². The van der Waals surface area contributed by atoms with Crippen molar-refractivity contribution < 1.29 is 38.7 Å². The van der Waals surface area contributed by atoms with E-state index in [0.29, 0.717) is 36.1 Å². The topological polar surface area (TPSA) is 280 Å². The summed E-state index contributed by atoms with van der Waals surface area (Å²) in [5.41, 5.74) is 14.3. The van der Waals surface area contributed by atoms with E-state index in [4.69, 9.17) is 11.5 Å². The zero-order chi connectivity index (χ0) is 44.6. The zero-order valence-corrected chi connectivity index (χ0v) is 35.8. The fraction of sp³-hybridized carbons (Fsp3) is 0.372. The Kier molecular flexibility index (Phi) is 17.6. The number of para-hydroxylation sites is 1. The van der Waals surface area contributed by atoms with Gasteiger partial charge in [0, 0.05) is 54.8 Å². The first-order valence-corrected chi connectivity index (χ1v) is 22.7. The van der Waals surface area contributed by atoms with Crippen molar-refractivity contribution in [3.05, 3.63) is 102 Å². The summed E-state index contributed by atoms with van der Waals surface area (Å²) < 4.78 is 0. The molecular weight excluding hydrogens is 835 g/mol. The standard InChI is InChI=1S/C43H53N9O8S2/c1-25(53)47-37-24-62-61-23-36(38(45)55)52-41(58)34(20-27-14-16-29(54)17-15-27)49-39(56)32(13-7-8-18-44)48-42(59)35(21-28-22-46-31-12-6-5-11-30(28)31)51-40(57)33(50-43(37)60)19-26-9-3-2-4-10-26/h2-6,9-12,14-17,22,32-37,46,54H,7-8,13,18-21,23-24,44H2,1H3,(H2,45,55)(H,47,53)(H,48,59)(H,49,56)(H,50,60)(H,51,57)(H,52,58)/t32-,33-,34-,35+,36-,37-/m0/s1. The van der Waals surface area contributed by atoms with Crippen molar-refractivity contribution in [1.29, 1.82) is 0 Å². The van der Waals surface area contributed by atoms with Crippen molar-refractivity contribution in [2.75, 3.05) is 18.1 Å². The molecular formula is C43H53N9O8S2. The van der Waals surface area contributed by atoms with Crippen LogP contribution in [0.3, 0.4) is 0 Å². The molecule has 17 nitrogen and oxygen atoms in total. The van der Waals surface area contributed by atoms with Crippen LogP contribution in [0.4, 0.5) is 0 Å². The van der Waals surface area contributed by atoms with Crippen LogP contribution >= 0.6 is 21.6 Å². The fourth-order valence-corrected chi connectivity index (χ4v) is 9.19. The predicted molar refractivity (Wildman–Crippen MR) is 238 cm³/mol. The number of carbonyl (C=O) groups is 7. The summed E-state index contributed by atoms with van der Waals surface area (Å²) in [4.78, 5) is 99.3. The number of rotatable bonds is 12. The van der Waals surface area contributed by atoms with Crippen LogP contribution in [0.1, 0.15) is 42.9 Å². The minimum absolute atomic E-state index is 0.00808. The van der Waals surface area contributed by atoms with Gasteiger partial charge in [0.15, 0.2) is 0 Å². The maximum absolute atomic E-state index is 14.5. The number of carbonyl (C=O) groups excluding carboxylic acids is 7. The number of H-pyrrole nitrogens is 1. The van der Waals surface area contributed by atoms with Gasteiger partial charge in [-0.3, -0.25) is 33.6 Å². The Hall–Kier alpha value is -6.05. The van der Waals surface area contributed by atoms with E-state index in [0.717, 1.165) is 32.5 Å². The van der Waals surface area contributed by atoms with Gasteiger partial charge in [-0.05, 0) is 60.7 Å². The molecule has 62 heavy (non-hydrogen) atoms. The van der Waals surface area contributed by atoms with Gasteiger partial charge in [-0.25, -0.2) is 0 Å². The van der Waals surface area contributed by atoms with E-state index in [1.165, 1.54) is 19.1 Å². The van der Waals surface area contributed by atoms with E-state index in [1.54, 1.807) is 42.6 Å². The van der Waals surface area contributed by atoms with Gasteiger partial charge >= 0.3 is 0 Å². The summed E-state index contributed by atoms with van der Waals surface area (Å²) in [6.07, 6.45) is 2.73.